The average molecular weight is 378 g/mol. The quantitative estimate of drug-likeness (QED) is 0.803. The Morgan fingerprint density at radius 1 is 0.962 bits per heavy atom. The number of anilines is 1. The lowest BCUT2D eigenvalue weighted by atomic mass is 10.1. The number of benzene rings is 2. The van der Waals surface area contributed by atoms with E-state index >= 15 is 0 Å². The van der Waals surface area contributed by atoms with Gasteiger partial charge >= 0.3 is 0 Å². The maximum atomic E-state index is 12.9. The molecule has 2 aromatic rings. The minimum absolute atomic E-state index is 0.150. The predicted molar refractivity (Wildman–Crippen MR) is 100 cm³/mol. The Kier molecular flexibility index (Phi) is 6.24. The summed E-state index contributed by atoms with van der Waals surface area (Å²) in [6.07, 6.45) is 0.617. The smallest absolute Gasteiger partial charge is 0.215 e. The summed E-state index contributed by atoms with van der Waals surface area (Å²) in [7, 11) is -3.44. The molecule has 5 nitrogen and oxygen atoms in total. The molecule has 1 saturated heterocycles. The van der Waals surface area contributed by atoms with Gasteiger partial charge in [0.15, 0.2) is 0 Å². The van der Waals surface area contributed by atoms with Crippen molar-refractivity contribution in [3.8, 4) is 0 Å². The molecule has 1 aliphatic heterocycles. The first kappa shape index (κ1) is 18.8. The molecule has 1 aliphatic rings. The first-order valence-electron chi connectivity index (χ1n) is 8.65. The first-order valence-corrected chi connectivity index (χ1v) is 10.3. The van der Waals surface area contributed by atoms with E-state index in [-0.39, 0.29) is 11.6 Å². The van der Waals surface area contributed by atoms with E-state index in [1.54, 1.807) is 0 Å². The Bertz CT molecular complexity index is 802. The third kappa shape index (κ3) is 5.52. The van der Waals surface area contributed by atoms with Crippen LogP contribution in [0.2, 0.25) is 0 Å². The number of rotatable bonds is 7. The van der Waals surface area contributed by atoms with E-state index < -0.39 is 10.0 Å². The fourth-order valence-electron chi connectivity index (χ4n) is 2.90. The minimum atomic E-state index is -3.44. The molecule has 26 heavy (non-hydrogen) atoms. The second-order valence-corrected chi connectivity index (χ2v) is 8.10. The SMILES string of the molecule is O=S(=O)(Cc1ccc(F)cc1)NCCc1ccc(N2CCOCC2)cc1. The highest BCUT2D eigenvalue weighted by Gasteiger charge is 2.12. The summed E-state index contributed by atoms with van der Waals surface area (Å²) in [5.41, 5.74) is 2.80. The second-order valence-electron chi connectivity index (χ2n) is 6.30. The second kappa shape index (κ2) is 8.62. The Morgan fingerprint density at radius 2 is 1.58 bits per heavy atom. The Hall–Kier alpha value is -1.96. The molecule has 1 N–H and O–H groups in total. The number of nitrogens with one attached hydrogen (secondary N) is 1. The van der Waals surface area contributed by atoms with Gasteiger partial charge in [0.05, 0.1) is 19.0 Å². The standard InChI is InChI=1S/C19H23FN2O3S/c20-18-5-1-17(2-6-18)15-26(23,24)21-10-9-16-3-7-19(8-4-16)22-11-13-25-14-12-22/h1-8,21H,9-15H2. The van der Waals surface area contributed by atoms with Crippen LogP contribution >= 0.6 is 0 Å². The molecule has 0 unspecified atom stereocenters. The van der Waals surface area contributed by atoms with Gasteiger partial charge in [0.25, 0.3) is 0 Å². The van der Waals surface area contributed by atoms with Crippen LogP contribution in [0.15, 0.2) is 48.5 Å². The Balaban J connectivity index is 1.48. The van der Waals surface area contributed by atoms with Crippen molar-refractivity contribution in [1.82, 2.24) is 4.72 Å². The molecule has 7 heteroatoms. The summed E-state index contributed by atoms with van der Waals surface area (Å²) >= 11 is 0. The third-order valence-electron chi connectivity index (χ3n) is 4.32. The predicted octanol–water partition coefficient (Wildman–Crippen LogP) is 2.32. The molecule has 0 spiro atoms. The van der Waals surface area contributed by atoms with E-state index in [4.69, 9.17) is 4.74 Å². The zero-order valence-corrected chi connectivity index (χ0v) is 15.3. The van der Waals surface area contributed by atoms with Gasteiger partial charge in [0, 0.05) is 25.3 Å². The van der Waals surface area contributed by atoms with Crippen LogP contribution in [0, 0.1) is 5.82 Å². The van der Waals surface area contributed by atoms with Crippen molar-refractivity contribution >= 4 is 15.7 Å². The van der Waals surface area contributed by atoms with E-state index in [9.17, 15) is 12.8 Å². The lowest BCUT2D eigenvalue weighted by Crippen LogP contribution is -2.36. The van der Waals surface area contributed by atoms with Crippen LogP contribution < -0.4 is 9.62 Å². The van der Waals surface area contributed by atoms with Crippen LogP contribution in [0.25, 0.3) is 0 Å². The lowest BCUT2D eigenvalue weighted by Gasteiger charge is -2.28. The van der Waals surface area contributed by atoms with Crippen LogP contribution in [0.5, 0.6) is 0 Å². The van der Waals surface area contributed by atoms with Crippen LogP contribution in [0.3, 0.4) is 0 Å². The van der Waals surface area contributed by atoms with Gasteiger partial charge < -0.3 is 9.64 Å². The van der Waals surface area contributed by atoms with Crippen LogP contribution in [0.1, 0.15) is 11.1 Å². The highest BCUT2D eigenvalue weighted by molar-refractivity contribution is 7.88. The zero-order chi connectivity index (χ0) is 18.4. The molecule has 0 bridgehead atoms. The lowest BCUT2D eigenvalue weighted by molar-refractivity contribution is 0.122. The van der Waals surface area contributed by atoms with Crippen molar-refractivity contribution in [2.75, 3.05) is 37.7 Å². The molecule has 0 aliphatic carbocycles. The van der Waals surface area contributed by atoms with Crippen molar-refractivity contribution in [2.24, 2.45) is 0 Å². The summed E-state index contributed by atoms with van der Waals surface area (Å²) in [4.78, 5) is 2.28. The number of hydrogen-bond donors (Lipinski definition) is 1. The topological polar surface area (TPSA) is 58.6 Å². The van der Waals surface area contributed by atoms with Gasteiger partial charge in [-0.25, -0.2) is 17.5 Å². The van der Waals surface area contributed by atoms with Gasteiger partial charge in [-0.3, -0.25) is 0 Å². The van der Waals surface area contributed by atoms with Crippen LogP contribution in [0.4, 0.5) is 10.1 Å². The van der Waals surface area contributed by atoms with Gasteiger partial charge in [-0.05, 0) is 41.8 Å². The van der Waals surface area contributed by atoms with Crippen molar-refractivity contribution in [3.05, 3.63) is 65.5 Å². The fourth-order valence-corrected chi connectivity index (χ4v) is 4.04. The zero-order valence-electron chi connectivity index (χ0n) is 14.5. The summed E-state index contributed by atoms with van der Waals surface area (Å²) in [5, 5.41) is 0. The summed E-state index contributed by atoms with van der Waals surface area (Å²) < 4.78 is 45.1. The molecule has 1 fully saturated rings. The van der Waals surface area contributed by atoms with E-state index in [1.165, 1.54) is 24.3 Å². The maximum Gasteiger partial charge on any atom is 0.215 e. The van der Waals surface area contributed by atoms with E-state index in [1.807, 2.05) is 12.1 Å². The van der Waals surface area contributed by atoms with Crippen molar-refractivity contribution in [3.63, 3.8) is 0 Å². The largest absolute Gasteiger partial charge is 0.378 e. The molecule has 140 valence electrons. The average Bonchev–Trinajstić information content (AvgIpc) is 2.65. The van der Waals surface area contributed by atoms with Crippen molar-refractivity contribution in [2.45, 2.75) is 12.2 Å². The first-order chi connectivity index (χ1) is 12.5. The highest BCUT2D eigenvalue weighted by atomic mass is 32.2. The Labute approximate surface area is 153 Å². The summed E-state index contributed by atoms with van der Waals surface area (Å²) in [6.45, 7) is 3.61. The van der Waals surface area contributed by atoms with E-state index in [2.05, 4.69) is 21.8 Å². The molecular weight excluding hydrogens is 355 g/mol. The molecule has 3 rings (SSSR count). The number of ether oxygens (including phenoxy) is 1. The van der Waals surface area contributed by atoms with Gasteiger partial charge in [0.1, 0.15) is 5.82 Å². The molecule has 0 aromatic heterocycles. The van der Waals surface area contributed by atoms with Gasteiger partial charge in [-0.2, -0.15) is 0 Å². The normalized spacial score (nSPS) is 15.2. The number of morpholine rings is 1. The fraction of sp³-hybridized carbons (Fsp3) is 0.368. The van der Waals surface area contributed by atoms with Gasteiger partial charge in [-0.15, -0.1) is 0 Å². The summed E-state index contributed by atoms with van der Waals surface area (Å²) in [5.74, 6) is -0.525. The maximum absolute atomic E-state index is 12.9. The van der Waals surface area contributed by atoms with E-state index in [0.29, 0.717) is 18.5 Å². The molecule has 0 radical (unpaired) electrons. The monoisotopic (exact) mass is 378 g/mol. The summed E-state index contributed by atoms with van der Waals surface area (Å²) in [6, 6.07) is 13.7. The number of sulfonamides is 1. The molecule has 0 amide bonds. The van der Waals surface area contributed by atoms with Crippen LogP contribution in [-0.2, 0) is 26.9 Å². The third-order valence-corrected chi connectivity index (χ3v) is 5.68. The molecule has 2 aromatic carbocycles. The van der Waals surface area contributed by atoms with E-state index in [0.717, 1.165) is 37.6 Å². The highest BCUT2D eigenvalue weighted by Crippen LogP contribution is 2.17. The molecule has 1 heterocycles. The van der Waals surface area contributed by atoms with Crippen LogP contribution in [-0.4, -0.2) is 41.3 Å². The molecule has 0 atom stereocenters. The van der Waals surface area contributed by atoms with Gasteiger partial charge in [0.2, 0.25) is 10.0 Å². The number of nitrogens with zero attached hydrogens (tertiary/aromatic N) is 1. The van der Waals surface area contributed by atoms with Crippen molar-refractivity contribution < 1.29 is 17.5 Å². The molecular formula is C19H23FN2O3S. The molecule has 0 saturated carbocycles. The van der Waals surface area contributed by atoms with Gasteiger partial charge in [-0.1, -0.05) is 24.3 Å². The number of hydrogen-bond acceptors (Lipinski definition) is 4. The van der Waals surface area contributed by atoms with Crippen molar-refractivity contribution in [1.29, 1.82) is 0 Å². The minimum Gasteiger partial charge on any atom is -0.378 e. The Morgan fingerprint density at radius 3 is 2.23 bits per heavy atom. The number of halogens is 1.